The normalized spacial score (nSPS) is 49.2. The SMILES string of the molecule is CC12CC3CC(C)(C1)CC(C(=O)NCC(N)C1CC1)(C3)C2. The van der Waals surface area contributed by atoms with E-state index < -0.39 is 0 Å². The number of hydrogen-bond acceptors (Lipinski definition) is 2. The Morgan fingerprint density at radius 2 is 1.76 bits per heavy atom. The summed E-state index contributed by atoms with van der Waals surface area (Å²) < 4.78 is 0. The zero-order chi connectivity index (χ0) is 14.9. The Hall–Kier alpha value is -0.570. The molecule has 5 saturated carbocycles. The molecule has 0 saturated heterocycles. The van der Waals surface area contributed by atoms with Crippen molar-refractivity contribution in [1.29, 1.82) is 0 Å². The first-order chi connectivity index (χ1) is 9.82. The van der Waals surface area contributed by atoms with Gasteiger partial charge in [0, 0.05) is 12.6 Å². The third-order valence-electron chi connectivity index (χ3n) is 6.83. The number of carbonyl (C=O) groups excluding carboxylic acids is 1. The molecule has 5 aliphatic rings. The van der Waals surface area contributed by atoms with Gasteiger partial charge in [-0.3, -0.25) is 4.79 Å². The Labute approximate surface area is 128 Å². The maximum Gasteiger partial charge on any atom is 0.226 e. The van der Waals surface area contributed by atoms with Crippen molar-refractivity contribution in [1.82, 2.24) is 5.32 Å². The highest BCUT2D eigenvalue weighted by atomic mass is 16.2. The van der Waals surface area contributed by atoms with Gasteiger partial charge in [-0.15, -0.1) is 0 Å². The van der Waals surface area contributed by atoms with Crippen molar-refractivity contribution in [3.05, 3.63) is 0 Å². The molecule has 1 amide bonds. The van der Waals surface area contributed by atoms with E-state index in [1.165, 1.54) is 32.1 Å². The van der Waals surface area contributed by atoms with Crippen molar-refractivity contribution in [3.63, 3.8) is 0 Å². The molecule has 3 heteroatoms. The Balaban J connectivity index is 1.49. The van der Waals surface area contributed by atoms with Crippen LogP contribution in [0, 0.1) is 28.1 Å². The summed E-state index contributed by atoms with van der Waals surface area (Å²) in [5.41, 5.74) is 6.89. The van der Waals surface area contributed by atoms with Crippen LogP contribution in [-0.4, -0.2) is 18.5 Å². The number of hydrogen-bond donors (Lipinski definition) is 2. The van der Waals surface area contributed by atoms with Crippen molar-refractivity contribution >= 4 is 5.91 Å². The summed E-state index contributed by atoms with van der Waals surface area (Å²) in [5, 5.41) is 3.23. The molecule has 0 aromatic rings. The summed E-state index contributed by atoms with van der Waals surface area (Å²) >= 11 is 0. The van der Waals surface area contributed by atoms with E-state index in [2.05, 4.69) is 19.2 Å². The smallest absolute Gasteiger partial charge is 0.226 e. The van der Waals surface area contributed by atoms with Gasteiger partial charge in [0.1, 0.15) is 0 Å². The molecule has 5 fully saturated rings. The number of rotatable bonds is 4. The molecule has 118 valence electrons. The van der Waals surface area contributed by atoms with Crippen molar-refractivity contribution in [3.8, 4) is 0 Å². The fourth-order valence-corrected chi connectivity index (χ4v) is 6.79. The number of nitrogens with one attached hydrogen (secondary N) is 1. The third kappa shape index (κ3) is 2.32. The van der Waals surface area contributed by atoms with Gasteiger partial charge in [-0.2, -0.15) is 0 Å². The van der Waals surface area contributed by atoms with Crippen LogP contribution in [0.5, 0.6) is 0 Å². The molecule has 5 rings (SSSR count). The van der Waals surface area contributed by atoms with Gasteiger partial charge in [0.25, 0.3) is 0 Å². The highest BCUT2D eigenvalue weighted by molar-refractivity contribution is 5.83. The van der Waals surface area contributed by atoms with Crippen LogP contribution in [0.4, 0.5) is 0 Å². The Morgan fingerprint density at radius 1 is 1.14 bits per heavy atom. The standard InChI is InChI=1S/C18H30N2O/c1-16-5-12-6-17(2,9-16)11-18(7-12,10-16)15(21)20-8-14(19)13-3-4-13/h12-14H,3-11,19H2,1-2H3,(H,20,21). The highest BCUT2D eigenvalue weighted by Crippen LogP contribution is 2.69. The van der Waals surface area contributed by atoms with Gasteiger partial charge < -0.3 is 11.1 Å². The molecular weight excluding hydrogens is 260 g/mol. The van der Waals surface area contributed by atoms with E-state index in [1.54, 1.807) is 0 Å². The topological polar surface area (TPSA) is 55.1 Å². The molecule has 3 nitrogen and oxygen atoms in total. The first kappa shape index (κ1) is 14.0. The number of amides is 1. The van der Waals surface area contributed by atoms with Crippen LogP contribution in [-0.2, 0) is 4.79 Å². The molecule has 0 aliphatic heterocycles. The molecule has 4 bridgehead atoms. The zero-order valence-electron chi connectivity index (χ0n) is 13.6. The largest absolute Gasteiger partial charge is 0.354 e. The summed E-state index contributed by atoms with van der Waals surface area (Å²) in [5.74, 6) is 1.76. The Morgan fingerprint density at radius 3 is 2.29 bits per heavy atom. The second kappa shape index (κ2) is 4.24. The van der Waals surface area contributed by atoms with Crippen molar-refractivity contribution in [2.24, 2.45) is 33.8 Å². The van der Waals surface area contributed by atoms with Crippen LogP contribution in [0.1, 0.15) is 65.2 Å². The Bertz CT molecular complexity index is 452. The van der Waals surface area contributed by atoms with Crippen molar-refractivity contribution in [2.75, 3.05) is 6.54 Å². The predicted octanol–water partition coefficient (Wildman–Crippen LogP) is 2.84. The van der Waals surface area contributed by atoms with Gasteiger partial charge in [0.05, 0.1) is 5.41 Å². The van der Waals surface area contributed by atoms with E-state index in [4.69, 9.17) is 5.73 Å². The molecule has 0 radical (unpaired) electrons. The summed E-state index contributed by atoms with van der Waals surface area (Å²) in [4.78, 5) is 13.0. The third-order valence-corrected chi connectivity index (χ3v) is 6.83. The molecule has 0 spiro atoms. The minimum Gasteiger partial charge on any atom is -0.354 e. The molecule has 3 atom stereocenters. The molecular formula is C18H30N2O. The van der Waals surface area contributed by atoms with Gasteiger partial charge in [0.15, 0.2) is 0 Å². The summed E-state index contributed by atoms with van der Waals surface area (Å²) in [6.45, 7) is 5.53. The van der Waals surface area contributed by atoms with E-state index in [1.807, 2.05) is 0 Å². The van der Waals surface area contributed by atoms with Gasteiger partial charge >= 0.3 is 0 Å². The van der Waals surface area contributed by atoms with Crippen molar-refractivity contribution < 1.29 is 4.79 Å². The lowest BCUT2D eigenvalue weighted by atomic mass is 9.40. The average Bonchev–Trinajstić information content (AvgIpc) is 3.14. The second-order valence-corrected chi connectivity index (χ2v) is 9.62. The van der Waals surface area contributed by atoms with E-state index in [0.717, 1.165) is 25.2 Å². The van der Waals surface area contributed by atoms with Crippen LogP contribution >= 0.6 is 0 Å². The highest BCUT2D eigenvalue weighted by Gasteiger charge is 2.62. The zero-order valence-corrected chi connectivity index (χ0v) is 13.6. The molecule has 21 heavy (non-hydrogen) atoms. The van der Waals surface area contributed by atoms with Crippen LogP contribution in [0.25, 0.3) is 0 Å². The molecule has 3 N–H and O–H groups in total. The number of carbonyl (C=O) groups is 1. The van der Waals surface area contributed by atoms with Crippen LogP contribution in [0.15, 0.2) is 0 Å². The van der Waals surface area contributed by atoms with Crippen LogP contribution < -0.4 is 11.1 Å². The maximum absolute atomic E-state index is 13.0. The van der Waals surface area contributed by atoms with E-state index in [0.29, 0.717) is 29.2 Å². The van der Waals surface area contributed by atoms with Gasteiger partial charge in [-0.25, -0.2) is 0 Å². The minimum atomic E-state index is -0.0772. The quantitative estimate of drug-likeness (QED) is 0.836. The van der Waals surface area contributed by atoms with Gasteiger partial charge in [0.2, 0.25) is 5.91 Å². The van der Waals surface area contributed by atoms with Crippen LogP contribution in [0.2, 0.25) is 0 Å². The lowest BCUT2D eigenvalue weighted by Crippen LogP contribution is -2.60. The first-order valence-electron chi connectivity index (χ1n) is 8.86. The molecule has 0 aromatic heterocycles. The number of nitrogens with two attached hydrogens (primary N) is 1. The van der Waals surface area contributed by atoms with E-state index >= 15 is 0 Å². The van der Waals surface area contributed by atoms with Crippen molar-refractivity contribution in [2.45, 2.75) is 71.3 Å². The fraction of sp³-hybridized carbons (Fsp3) is 0.944. The Kier molecular flexibility index (Phi) is 2.84. The molecule has 5 aliphatic carbocycles. The first-order valence-corrected chi connectivity index (χ1v) is 8.86. The predicted molar refractivity (Wildman–Crippen MR) is 83.5 cm³/mol. The second-order valence-electron chi connectivity index (χ2n) is 9.62. The van der Waals surface area contributed by atoms with Gasteiger partial charge in [-0.1, -0.05) is 13.8 Å². The monoisotopic (exact) mass is 290 g/mol. The summed E-state index contributed by atoms with van der Waals surface area (Å²) in [7, 11) is 0. The summed E-state index contributed by atoms with van der Waals surface area (Å²) in [6.07, 6.45) is 9.86. The lowest BCUT2D eigenvalue weighted by molar-refractivity contribution is -0.170. The van der Waals surface area contributed by atoms with Crippen LogP contribution in [0.3, 0.4) is 0 Å². The maximum atomic E-state index is 13.0. The van der Waals surface area contributed by atoms with Gasteiger partial charge in [-0.05, 0) is 74.0 Å². The van der Waals surface area contributed by atoms with E-state index in [-0.39, 0.29) is 11.5 Å². The fourth-order valence-electron chi connectivity index (χ4n) is 6.79. The summed E-state index contributed by atoms with van der Waals surface area (Å²) in [6, 6.07) is 0.175. The average molecular weight is 290 g/mol. The molecule has 3 unspecified atom stereocenters. The van der Waals surface area contributed by atoms with E-state index in [9.17, 15) is 4.79 Å². The lowest BCUT2D eigenvalue weighted by Gasteiger charge is -2.64. The molecule has 0 heterocycles. The minimum absolute atomic E-state index is 0.0772. The molecule has 0 aromatic carbocycles.